The highest BCUT2D eigenvalue weighted by atomic mass is 32.2. The molecular weight excluding hydrogens is 226 g/mol. The predicted octanol–water partition coefficient (Wildman–Crippen LogP) is 0.968. The van der Waals surface area contributed by atoms with Crippen molar-refractivity contribution in [3.05, 3.63) is 0 Å². The second kappa shape index (κ2) is 6.57. The van der Waals surface area contributed by atoms with Crippen molar-refractivity contribution in [2.24, 2.45) is 0 Å². The van der Waals surface area contributed by atoms with E-state index < -0.39 is 9.84 Å². The van der Waals surface area contributed by atoms with Gasteiger partial charge >= 0.3 is 0 Å². The van der Waals surface area contributed by atoms with Crippen LogP contribution in [0.25, 0.3) is 0 Å². The van der Waals surface area contributed by atoms with Crippen LogP contribution >= 0.6 is 0 Å². The maximum atomic E-state index is 11.3. The fourth-order valence-electron chi connectivity index (χ4n) is 2.13. The van der Waals surface area contributed by atoms with E-state index in [0.717, 1.165) is 25.7 Å². The summed E-state index contributed by atoms with van der Waals surface area (Å²) in [5.74, 6) is 0.623. The molecule has 1 fully saturated rings. The minimum atomic E-state index is -2.78. The zero-order valence-corrected chi connectivity index (χ0v) is 11.1. The number of rotatable bonds is 7. The number of hydrogen-bond acceptors (Lipinski definition) is 4. The lowest BCUT2D eigenvalue weighted by Gasteiger charge is -2.21. The van der Waals surface area contributed by atoms with Crippen LogP contribution in [-0.2, 0) is 14.6 Å². The van der Waals surface area contributed by atoms with Gasteiger partial charge in [0.1, 0.15) is 0 Å². The SMILES string of the molecule is CCCC[C@H](COC)N[C@@H]1CCS(=O)(=O)C1. The van der Waals surface area contributed by atoms with Crippen molar-refractivity contribution in [3.8, 4) is 0 Å². The maximum Gasteiger partial charge on any atom is 0.151 e. The Morgan fingerprint density at radius 3 is 2.75 bits per heavy atom. The third kappa shape index (κ3) is 4.80. The largest absolute Gasteiger partial charge is 0.383 e. The smallest absolute Gasteiger partial charge is 0.151 e. The van der Waals surface area contributed by atoms with E-state index >= 15 is 0 Å². The van der Waals surface area contributed by atoms with Crippen molar-refractivity contribution in [1.82, 2.24) is 5.32 Å². The minimum absolute atomic E-state index is 0.127. The third-order valence-corrected chi connectivity index (χ3v) is 4.75. The normalized spacial score (nSPS) is 25.8. The van der Waals surface area contributed by atoms with Gasteiger partial charge in [0, 0.05) is 19.2 Å². The van der Waals surface area contributed by atoms with Gasteiger partial charge in [0.15, 0.2) is 9.84 Å². The van der Waals surface area contributed by atoms with Crippen LogP contribution in [0, 0.1) is 0 Å². The molecule has 1 aliphatic heterocycles. The number of hydrogen-bond donors (Lipinski definition) is 1. The summed E-state index contributed by atoms with van der Waals surface area (Å²) < 4.78 is 27.8. The monoisotopic (exact) mass is 249 g/mol. The highest BCUT2D eigenvalue weighted by molar-refractivity contribution is 7.91. The first kappa shape index (κ1) is 13.9. The summed E-state index contributed by atoms with van der Waals surface area (Å²) in [6.45, 7) is 2.82. The summed E-state index contributed by atoms with van der Waals surface area (Å²) in [5.41, 5.74) is 0. The molecule has 1 rings (SSSR count). The van der Waals surface area contributed by atoms with Crippen LogP contribution in [0.1, 0.15) is 32.6 Å². The summed E-state index contributed by atoms with van der Waals surface area (Å²) in [4.78, 5) is 0. The van der Waals surface area contributed by atoms with Gasteiger partial charge in [-0.1, -0.05) is 19.8 Å². The van der Waals surface area contributed by atoms with E-state index in [1.54, 1.807) is 7.11 Å². The molecule has 0 unspecified atom stereocenters. The standard InChI is InChI=1S/C11H23NO3S/c1-3-4-5-10(8-15-2)12-11-6-7-16(13,14)9-11/h10-12H,3-9H2,1-2H3/t10-,11-/m1/s1. The van der Waals surface area contributed by atoms with E-state index in [4.69, 9.17) is 4.74 Å². The molecule has 1 N–H and O–H groups in total. The van der Waals surface area contributed by atoms with E-state index in [2.05, 4.69) is 12.2 Å². The molecule has 0 aromatic rings. The lowest BCUT2D eigenvalue weighted by molar-refractivity contribution is 0.156. The van der Waals surface area contributed by atoms with Crippen LogP contribution < -0.4 is 5.32 Å². The zero-order valence-electron chi connectivity index (χ0n) is 10.2. The van der Waals surface area contributed by atoms with E-state index in [0.29, 0.717) is 24.2 Å². The van der Waals surface area contributed by atoms with Crippen molar-refractivity contribution in [1.29, 1.82) is 0 Å². The summed E-state index contributed by atoms with van der Waals surface area (Å²) >= 11 is 0. The average molecular weight is 249 g/mol. The van der Waals surface area contributed by atoms with Gasteiger partial charge < -0.3 is 10.1 Å². The lowest BCUT2D eigenvalue weighted by Crippen LogP contribution is -2.41. The van der Waals surface area contributed by atoms with Gasteiger partial charge in [-0.3, -0.25) is 0 Å². The number of ether oxygens (including phenoxy) is 1. The van der Waals surface area contributed by atoms with Crippen LogP contribution in [0.3, 0.4) is 0 Å². The van der Waals surface area contributed by atoms with Gasteiger partial charge in [0.05, 0.1) is 18.1 Å². The van der Waals surface area contributed by atoms with Crippen LogP contribution in [-0.4, -0.2) is 45.7 Å². The predicted molar refractivity (Wildman–Crippen MR) is 65.4 cm³/mol. The van der Waals surface area contributed by atoms with Gasteiger partial charge in [-0.2, -0.15) is 0 Å². The van der Waals surface area contributed by atoms with Gasteiger partial charge in [-0.25, -0.2) is 8.42 Å². The Bertz CT molecular complexity index is 290. The molecule has 0 radical (unpaired) electrons. The molecule has 1 heterocycles. The number of nitrogens with one attached hydrogen (secondary N) is 1. The molecule has 4 nitrogen and oxygen atoms in total. The van der Waals surface area contributed by atoms with E-state index in [1.807, 2.05) is 0 Å². The minimum Gasteiger partial charge on any atom is -0.383 e. The first-order valence-electron chi connectivity index (χ1n) is 6.03. The van der Waals surface area contributed by atoms with Gasteiger partial charge in [-0.05, 0) is 12.8 Å². The molecule has 5 heteroatoms. The van der Waals surface area contributed by atoms with Crippen LogP contribution in [0.2, 0.25) is 0 Å². The maximum absolute atomic E-state index is 11.3. The molecule has 1 saturated heterocycles. The molecular formula is C11H23NO3S. The zero-order chi connectivity index (χ0) is 12.0. The third-order valence-electron chi connectivity index (χ3n) is 2.98. The highest BCUT2D eigenvalue weighted by Gasteiger charge is 2.29. The first-order chi connectivity index (χ1) is 7.57. The van der Waals surface area contributed by atoms with E-state index in [1.165, 1.54) is 0 Å². The van der Waals surface area contributed by atoms with Crippen molar-refractivity contribution in [2.75, 3.05) is 25.2 Å². The second-order valence-corrected chi connectivity index (χ2v) is 6.79. The van der Waals surface area contributed by atoms with Crippen molar-refractivity contribution in [3.63, 3.8) is 0 Å². The number of unbranched alkanes of at least 4 members (excludes halogenated alkanes) is 1. The first-order valence-corrected chi connectivity index (χ1v) is 7.85. The molecule has 0 amide bonds. The second-order valence-electron chi connectivity index (χ2n) is 4.56. The molecule has 1 aliphatic rings. The van der Waals surface area contributed by atoms with Crippen LogP contribution in [0.4, 0.5) is 0 Å². The molecule has 2 atom stereocenters. The molecule has 0 aromatic heterocycles. The number of sulfone groups is 1. The Morgan fingerprint density at radius 2 is 2.25 bits per heavy atom. The Kier molecular flexibility index (Phi) is 5.72. The molecule has 0 bridgehead atoms. The summed E-state index contributed by atoms with van der Waals surface area (Å²) in [7, 11) is -1.09. The Hall–Kier alpha value is -0.130. The van der Waals surface area contributed by atoms with Crippen LogP contribution in [0.5, 0.6) is 0 Å². The van der Waals surface area contributed by atoms with Gasteiger partial charge in [-0.15, -0.1) is 0 Å². The van der Waals surface area contributed by atoms with Crippen molar-refractivity contribution < 1.29 is 13.2 Å². The quantitative estimate of drug-likeness (QED) is 0.730. The van der Waals surface area contributed by atoms with Crippen LogP contribution in [0.15, 0.2) is 0 Å². The molecule has 0 saturated carbocycles. The molecule has 16 heavy (non-hydrogen) atoms. The highest BCUT2D eigenvalue weighted by Crippen LogP contribution is 2.13. The van der Waals surface area contributed by atoms with E-state index in [-0.39, 0.29) is 6.04 Å². The fourth-order valence-corrected chi connectivity index (χ4v) is 3.81. The van der Waals surface area contributed by atoms with Crippen molar-refractivity contribution >= 4 is 9.84 Å². The molecule has 0 spiro atoms. The molecule has 0 aromatic carbocycles. The van der Waals surface area contributed by atoms with Crippen molar-refractivity contribution in [2.45, 2.75) is 44.7 Å². The Balaban J connectivity index is 2.36. The van der Waals surface area contributed by atoms with E-state index in [9.17, 15) is 8.42 Å². The Labute approximate surface area is 98.7 Å². The fraction of sp³-hybridized carbons (Fsp3) is 1.00. The van der Waals surface area contributed by atoms with Gasteiger partial charge in [0.2, 0.25) is 0 Å². The summed E-state index contributed by atoms with van der Waals surface area (Å²) in [6, 6.07) is 0.422. The summed E-state index contributed by atoms with van der Waals surface area (Å²) in [6.07, 6.45) is 4.11. The van der Waals surface area contributed by atoms with Gasteiger partial charge in [0.25, 0.3) is 0 Å². The average Bonchev–Trinajstić information content (AvgIpc) is 2.55. The Morgan fingerprint density at radius 1 is 1.50 bits per heavy atom. The number of methoxy groups -OCH3 is 1. The summed E-state index contributed by atoms with van der Waals surface area (Å²) in [5, 5.41) is 3.40. The molecule has 96 valence electrons. The lowest BCUT2D eigenvalue weighted by atomic mass is 10.1. The molecule has 0 aliphatic carbocycles. The topological polar surface area (TPSA) is 55.4 Å².